The first-order chi connectivity index (χ1) is 25.9. The summed E-state index contributed by atoms with van der Waals surface area (Å²) < 4.78 is 23.2. The molecule has 0 amide bonds. The first-order valence-electron chi connectivity index (χ1n) is 17.9. The van der Waals surface area contributed by atoms with Gasteiger partial charge in [-0.25, -0.2) is 9.59 Å². The molecule has 5 aromatic rings. The van der Waals surface area contributed by atoms with Crippen molar-refractivity contribution >= 4 is 29.3 Å². The fourth-order valence-electron chi connectivity index (χ4n) is 5.36. The van der Waals surface area contributed by atoms with Gasteiger partial charge in [0.1, 0.15) is 24.7 Å². The third kappa shape index (κ3) is 11.1. The largest absolute Gasteiger partial charge is 0.461 e. The van der Waals surface area contributed by atoms with Gasteiger partial charge in [0.2, 0.25) is 5.95 Å². The second kappa shape index (κ2) is 19.7. The summed E-state index contributed by atoms with van der Waals surface area (Å²) in [6.45, 7) is 13.8. The molecule has 53 heavy (non-hydrogen) atoms. The van der Waals surface area contributed by atoms with Crippen LogP contribution < -0.4 is 14.4 Å². The lowest BCUT2D eigenvalue weighted by Crippen LogP contribution is -2.27. The topological polar surface area (TPSA) is 119 Å². The van der Waals surface area contributed by atoms with E-state index in [1.54, 1.807) is 48.5 Å². The van der Waals surface area contributed by atoms with Crippen molar-refractivity contribution in [1.82, 2.24) is 24.8 Å². The fourth-order valence-corrected chi connectivity index (χ4v) is 5.36. The van der Waals surface area contributed by atoms with Crippen LogP contribution in [0.25, 0.3) is 0 Å². The number of anilines is 3. The highest BCUT2D eigenvalue weighted by Gasteiger charge is 2.20. The zero-order chi connectivity index (χ0) is 37.4. The number of ether oxygens (including phenoxy) is 4. The molecular formula is C41H46N6O6. The predicted molar refractivity (Wildman–Crippen MR) is 204 cm³/mol. The first kappa shape index (κ1) is 38.4. The Balaban J connectivity index is 1.38. The third-order valence-corrected chi connectivity index (χ3v) is 8.48. The van der Waals surface area contributed by atoms with E-state index < -0.39 is 11.9 Å². The molecule has 0 saturated carbocycles. The summed E-state index contributed by atoms with van der Waals surface area (Å²) in [6.07, 6.45) is 0. The van der Waals surface area contributed by atoms with Crippen molar-refractivity contribution in [1.29, 1.82) is 0 Å². The van der Waals surface area contributed by atoms with E-state index in [1.807, 2.05) is 65.6 Å². The van der Waals surface area contributed by atoms with Gasteiger partial charge in [-0.15, -0.1) is 4.98 Å². The predicted octanol–water partition coefficient (Wildman–Crippen LogP) is 7.92. The number of benzene rings is 4. The van der Waals surface area contributed by atoms with Gasteiger partial charge >= 0.3 is 24.0 Å². The minimum atomic E-state index is -0.415. The zero-order valence-electron chi connectivity index (χ0n) is 30.7. The van der Waals surface area contributed by atoms with Gasteiger partial charge in [-0.3, -0.25) is 4.90 Å². The van der Waals surface area contributed by atoms with Crippen molar-refractivity contribution in [3.8, 4) is 23.5 Å². The molecule has 276 valence electrons. The van der Waals surface area contributed by atoms with Crippen LogP contribution in [0.3, 0.4) is 0 Å². The van der Waals surface area contributed by atoms with E-state index in [4.69, 9.17) is 18.9 Å². The van der Waals surface area contributed by atoms with E-state index in [9.17, 15) is 9.59 Å². The third-order valence-electron chi connectivity index (χ3n) is 8.48. The number of rotatable bonds is 19. The Hall–Kier alpha value is -5.85. The molecule has 0 aliphatic rings. The maximum atomic E-state index is 12.7. The Morgan fingerprint density at radius 3 is 1.25 bits per heavy atom. The van der Waals surface area contributed by atoms with Crippen molar-refractivity contribution in [2.24, 2.45) is 0 Å². The van der Waals surface area contributed by atoms with E-state index in [1.165, 1.54) is 0 Å². The second-order valence-corrected chi connectivity index (χ2v) is 11.8. The minimum absolute atomic E-state index is 0.0372. The van der Waals surface area contributed by atoms with Crippen LogP contribution >= 0.6 is 0 Å². The number of hydrogen-bond acceptors (Lipinski definition) is 12. The van der Waals surface area contributed by atoms with Crippen LogP contribution in [0.2, 0.25) is 0 Å². The van der Waals surface area contributed by atoms with Crippen molar-refractivity contribution < 1.29 is 28.5 Å². The molecule has 0 fully saturated rings. The average Bonchev–Trinajstić information content (AvgIpc) is 3.19. The molecule has 0 aliphatic carbocycles. The number of carbonyl (C=O) groups is 2. The highest BCUT2D eigenvalue weighted by molar-refractivity contribution is 5.90. The number of aromatic nitrogens is 3. The van der Waals surface area contributed by atoms with Gasteiger partial charge in [0.15, 0.2) is 0 Å². The number of esters is 2. The van der Waals surface area contributed by atoms with Crippen molar-refractivity contribution in [2.45, 2.75) is 27.7 Å². The Labute approximate surface area is 310 Å². The molecular weight excluding hydrogens is 672 g/mol. The number of hydrogen-bond donors (Lipinski definition) is 0. The Kier molecular flexibility index (Phi) is 14.2. The standard InChI is InChI=1S/C41H46N6O6/c1-5-45(6-2)27-29-50-37(48)31-19-23-35(24-20-31)52-40-42-39(47(33-15-11-9-12-16-33)34-17-13-10-14-18-34)43-41(44-40)53-36-25-21-32(22-26-36)38(49)51-30-28-46(7-3)8-4/h9-26H,5-8,27-30H2,1-4H3. The Morgan fingerprint density at radius 2 is 0.887 bits per heavy atom. The maximum absolute atomic E-state index is 12.7. The Morgan fingerprint density at radius 1 is 0.509 bits per heavy atom. The molecule has 0 atom stereocenters. The first-order valence-corrected chi connectivity index (χ1v) is 17.9. The van der Waals surface area contributed by atoms with Crippen molar-refractivity contribution in [3.05, 3.63) is 120 Å². The van der Waals surface area contributed by atoms with Gasteiger partial charge < -0.3 is 28.7 Å². The molecule has 0 aliphatic heterocycles. The summed E-state index contributed by atoms with van der Waals surface area (Å²) in [5, 5.41) is 0. The summed E-state index contributed by atoms with van der Waals surface area (Å²) in [7, 11) is 0. The zero-order valence-corrected chi connectivity index (χ0v) is 30.7. The Bertz CT molecular complexity index is 1740. The number of nitrogens with zero attached hydrogens (tertiary/aromatic N) is 6. The average molecular weight is 719 g/mol. The van der Waals surface area contributed by atoms with Crippen molar-refractivity contribution in [2.75, 3.05) is 57.4 Å². The highest BCUT2D eigenvalue weighted by Crippen LogP contribution is 2.34. The summed E-state index contributed by atoms with van der Waals surface area (Å²) in [6, 6.07) is 32.4. The number of para-hydroxylation sites is 2. The second-order valence-electron chi connectivity index (χ2n) is 11.8. The molecule has 0 unspecified atom stereocenters. The molecule has 12 nitrogen and oxygen atoms in total. The van der Waals surface area contributed by atoms with Crippen LogP contribution in [-0.2, 0) is 9.47 Å². The molecule has 1 heterocycles. The van der Waals surface area contributed by atoms with Crippen LogP contribution in [0.1, 0.15) is 48.4 Å². The number of carbonyl (C=O) groups excluding carboxylic acids is 2. The normalized spacial score (nSPS) is 11.0. The van der Waals surface area contributed by atoms with E-state index in [2.05, 4.69) is 52.4 Å². The van der Waals surface area contributed by atoms with Crippen LogP contribution in [0, 0.1) is 0 Å². The molecule has 0 spiro atoms. The van der Waals surface area contributed by atoms with Gasteiger partial charge in [-0.05, 0) is 99.0 Å². The lowest BCUT2D eigenvalue weighted by molar-refractivity contribution is 0.0457. The van der Waals surface area contributed by atoms with Crippen molar-refractivity contribution in [3.63, 3.8) is 0 Å². The van der Waals surface area contributed by atoms with Gasteiger partial charge in [-0.1, -0.05) is 64.1 Å². The van der Waals surface area contributed by atoms with E-state index in [0.29, 0.717) is 48.9 Å². The smallest absolute Gasteiger partial charge is 0.338 e. The highest BCUT2D eigenvalue weighted by atomic mass is 16.5. The maximum Gasteiger partial charge on any atom is 0.338 e. The van der Waals surface area contributed by atoms with Crippen LogP contribution in [0.4, 0.5) is 17.3 Å². The summed E-state index contributed by atoms with van der Waals surface area (Å²) in [5.41, 5.74) is 2.39. The molecule has 4 aromatic carbocycles. The van der Waals surface area contributed by atoms with Gasteiger partial charge in [-0.2, -0.15) is 9.97 Å². The van der Waals surface area contributed by atoms with E-state index in [0.717, 1.165) is 37.6 Å². The fraction of sp³-hybridized carbons (Fsp3) is 0.293. The molecule has 12 heteroatoms. The van der Waals surface area contributed by atoms with E-state index in [-0.39, 0.29) is 18.0 Å². The molecule has 5 rings (SSSR count). The van der Waals surface area contributed by atoms with Crippen LogP contribution in [0.5, 0.6) is 23.5 Å². The molecule has 1 aromatic heterocycles. The van der Waals surface area contributed by atoms with E-state index >= 15 is 0 Å². The van der Waals surface area contributed by atoms with Crippen LogP contribution in [0.15, 0.2) is 109 Å². The number of likely N-dealkylation sites (N-methyl/N-ethyl adjacent to an activating group) is 2. The molecule has 0 N–H and O–H groups in total. The lowest BCUT2D eigenvalue weighted by atomic mass is 10.2. The van der Waals surface area contributed by atoms with Gasteiger partial charge in [0.05, 0.1) is 11.1 Å². The molecule has 0 bridgehead atoms. The quantitative estimate of drug-likeness (QED) is 0.0772. The summed E-state index contributed by atoms with van der Waals surface area (Å²) in [4.78, 5) is 45.4. The summed E-state index contributed by atoms with van der Waals surface area (Å²) >= 11 is 0. The SMILES string of the molecule is CCN(CC)CCOC(=O)c1ccc(Oc2nc(Oc3ccc(C(=O)OCCN(CC)CC)cc3)nc(N(c3ccccc3)c3ccccc3)n2)cc1. The molecule has 0 radical (unpaired) electrons. The van der Waals surface area contributed by atoms with Gasteiger partial charge in [0, 0.05) is 24.5 Å². The van der Waals surface area contributed by atoms with Crippen LogP contribution in [-0.4, -0.2) is 89.2 Å². The monoisotopic (exact) mass is 718 g/mol. The molecule has 0 saturated heterocycles. The van der Waals surface area contributed by atoms with Gasteiger partial charge in [0.25, 0.3) is 0 Å². The summed E-state index contributed by atoms with van der Waals surface area (Å²) in [5.74, 6) is 0.193. The minimum Gasteiger partial charge on any atom is -0.461 e. The lowest BCUT2D eigenvalue weighted by Gasteiger charge is -2.23.